The van der Waals surface area contributed by atoms with E-state index in [-0.39, 0.29) is 5.91 Å². The molecule has 28 heavy (non-hydrogen) atoms. The van der Waals surface area contributed by atoms with Crippen molar-refractivity contribution in [1.29, 1.82) is 0 Å². The molecule has 4 rings (SSSR count). The Morgan fingerprint density at radius 2 is 1.96 bits per heavy atom. The molecule has 0 aliphatic rings. The summed E-state index contributed by atoms with van der Waals surface area (Å²) in [5, 5.41) is 3.89. The predicted molar refractivity (Wildman–Crippen MR) is 118 cm³/mol. The number of aromatic nitrogens is 1. The first-order valence-corrected chi connectivity index (χ1v) is 10.4. The number of amides is 1. The lowest BCUT2D eigenvalue weighted by Crippen LogP contribution is -2.12. The lowest BCUT2D eigenvalue weighted by atomic mass is 10.1. The van der Waals surface area contributed by atoms with Crippen molar-refractivity contribution >= 4 is 49.1 Å². The lowest BCUT2D eigenvalue weighted by molar-refractivity contribution is 0.102. The van der Waals surface area contributed by atoms with Crippen LogP contribution in [0.3, 0.4) is 0 Å². The molecule has 1 aromatic heterocycles. The quantitative estimate of drug-likeness (QED) is 0.382. The van der Waals surface area contributed by atoms with Crippen molar-refractivity contribution in [2.24, 2.45) is 0 Å². The van der Waals surface area contributed by atoms with Crippen LogP contribution in [0.5, 0.6) is 5.75 Å². The van der Waals surface area contributed by atoms with E-state index in [9.17, 15) is 4.79 Å². The number of nitrogens with zero attached hydrogens (tertiary/aromatic N) is 1. The largest absolute Gasteiger partial charge is 0.493 e. The van der Waals surface area contributed by atoms with Crippen LogP contribution in [0.15, 0.2) is 71.2 Å². The van der Waals surface area contributed by atoms with Crippen LogP contribution in [-0.2, 0) is 0 Å². The number of thiazole rings is 1. The first kappa shape index (κ1) is 18.7. The molecule has 0 aliphatic heterocycles. The minimum absolute atomic E-state index is 0.176. The zero-order chi connectivity index (χ0) is 19.5. The summed E-state index contributed by atoms with van der Waals surface area (Å²) in [7, 11) is 0. The molecule has 0 unspecified atom stereocenters. The van der Waals surface area contributed by atoms with Gasteiger partial charge in [-0.05, 0) is 65.3 Å². The van der Waals surface area contributed by atoms with E-state index in [2.05, 4.69) is 32.3 Å². The molecule has 3 aromatic carbocycles. The molecule has 0 radical (unpaired) electrons. The fourth-order valence-corrected chi connectivity index (χ4v) is 4.30. The molecular weight excluding hydrogens is 436 g/mol. The van der Waals surface area contributed by atoms with Gasteiger partial charge in [0.05, 0.1) is 21.3 Å². The number of halogens is 1. The Kier molecular flexibility index (Phi) is 5.41. The van der Waals surface area contributed by atoms with Gasteiger partial charge < -0.3 is 10.1 Å². The van der Waals surface area contributed by atoms with Gasteiger partial charge in [0.1, 0.15) is 10.8 Å². The van der Waals surface area contributed by atoms with Crippen LogP contribution in [0.2, 0.25) is 0 Å². The van der Waals surface area contributed by atoms with E-state index in [1.165, 1.54) is 0 Å². The molecule has 1 amide bonds. The van der Waals surface area contributed by atoms with Crippen LogP contribution in [-0.4, -0.2) is 17.5 Å². The lowest BCUT2D eigenvalue weighted by Gasteiger charge is -2.09. The molecule has 0 bridgehead atoms. The van der Waals surface area contributed by atoms with Gasteiger partial charge in [-0.3, -0.25) is 4.79 Å². The molecule has 1 heterocycles. The highest BCUT2D eigenvalue weighted by Crippen LogP contribution is 2.31. The minimum atomic E-state index is -0.176. The number of benzene rings is 3. The van der Waals surface area contributed by atoms with Gasteiger partial charge in [0.2, 0.25) is 0 Å². The Labute approximate surface area is 175 Å². The summed E-state index contributed by atoms with van der Waals surface area (Å²) in [6.45, 7) is 2.49. The Bertz CT molecular complexity index is 1120. The molecule has 1 N–H and O–H groups in total. The first-order chi connectivity index (χ1) is 13.6. The summed E-state index contributed by atoms with van der Waals surface area (Å²) in [6.07, 6.45) is 0. The van der Waals surface area contributed by atoms with E-state index in [0.717, 1.165) is 36.7 Å². The number of para-hydroxylation sites is 1. The van der Waals surface area contributed by atoms with Crippen LogP contribution in [0.4, 0.5) is 5.69 Å². The highest BCUT2D eigenvalue weighted by atomic mass is 79.9. The van der Waals surface area contributed by atoms with Crippen molar-refractivity contribution in [1.82, 2.24) is 4.98 Å². The van der Waals surface area contributed by atoms with Gasteiger partial charge in [-0.15, -0.1) is 11.3 Å². The highest BCUT2D eigenvalue weighted by Gasteiger charge is 2.11. The molecular formula is C22H17BrN2O2S. The standard InChI is InChI=1S/C22H17BrN2O2S/c1-2-27-19-11-10-14(13-17(19)23)21(26)24-16-7-5-6-15(12-16)22-25-18-8-3-4-9-20(18)28-22/h3-13H,2H2,1H3,(H,24,26). The van der Waals surface area contributed by atoms with Gasteiger partial charge in [0.25, 0.3) is 5.91 Å². The zero-order valence-corrected chi connectivity index (χ0v) is 17.5. The molecule has 0 saturated carbocycles. The Balaban J connectivity index is 1.56. The molecule has 0 spiro atoms. The second-order valence-electron chi connectivity index (χ2n) is 6.10. The average molecular weight is 453 g/mol. The molecule has 6 heteroatoms. The monoisotopic (exact) mass is 452 g/mol. The highest BCUT2D eigenvalue weighted by molar-refractivity contribution is 9.10. The number of rotatable bonds is 5. The Morgan fingerprint density at radius 3 is 2.75 bits per heavy atom. The summed E-state index contributed by atoms with van der Waals surface area (Å²) in [5.41, 5.74) is 3.25. The fraction of sp³-hybridized carbons (Fsp3) is 0.0909. The summed E-state index contributed by atoms with van der Waals surface area (Å²) in [4.78, 5) is 17.3. The molecule has 0 atom stereocenters. The summed E-state index contributed by atoms with van der Waals surface area (Å²) >= 11 is 5.09. The van der Waals surface area contributed by atoms with Crippen LogP contribution in [0.25, 0.3) is 20.8 Å². The summed E-state index contributed by atoms with van der Waals surface area (Å²) in [6, 6.07) is 21.1. The summed E-state index contributed by atoms with van der Waals surface area (Å²) in [5.74, 6) is 0.544. The normalized spacial score (nSPS) is 10.8. The third-order valence-corrected chi connectivity index (χ3v) is 5.86. The molecule has 4 nitrogen and oxygen atoms in total. The summed E-state index contributed by atoms with van der Waals surface area (Å²) < 4.78 is 7.39. The van der Waals surface area contributed by atoms with Gasteiger partial charge in [-0.25, -0.2) is 4.98 Å². The Morgan fingerprint density at radius 1 is 1.11 bits per heavy atom. The van der Waals surface area contributed by atoms with Crippen LogP contribution in [0.1, 0.15) is 17.3 Å². The van der Waals surface area contributed by atoms with Gasteiger partial charge in [-0.2, -0.15) is 0 Å². The van der Waals surface area contributed by atoms with E-state index in [4.69, 9.17) is 4.74 Å². The number of hydrogen-bond acceptors (Lipinski definition) is 4. The van der Waals surface area contributed by atoms with Crippen molar-refractivity contribution in [3.63, 3.8) is 0 Å². The zero-order valence-electron chi connectivity index (χ0n) is 15.1. The second-order valence-corrected chi connectivity index (χ2v) is 7.98. The van der Waals surface area contributed by atoms with Crippen molar-refractivity contribution in [3.05, 3.63) is 76.8 Å². The van der Waals surface area contributed by atoms with E-state index in [1.807, 2.05) is 49.4 Å². The van der Waals surface area contributed by atoms with Crippen molar-refractivity contribution < 1.29 is 9.53 Å². The molecule has 0 aliphatic carbocycles. The van der Waals surface area contributed by atoms with Crippen molar-refractivity contribution in [2.75, 3.05) is 11.9 Å². The van der Waals surface area contributed by atoms with Crippen LogP contribution in [0, 0.1) is 0 Å². The molecule has 0 saturated heterocycles. The topological polar surface area (TPSA) is 51.2 Å². The minimum Gasteiger partial charge on any atom is -0.493 e. The average Bonchev–Trinajstić information content (AvgIpc) is 3.14. The van der Waals surface area contributed by atoms with Gasteiger partial charge in [-0.1, -0.05) is 24.3 Å². The predicted octanol–water partition coefficient (Wildman–Crippen LogP) is 6.38. The number of hydrogen-bond donors (Lipinski definition) is 1. The maximum atomic E-state index is 12.6. The van der Waals surface area contributed by atoms with Gasteiger partial charge >= 0.3 is 0 Å². The maximum Gasteiger partial charge on any atom is 0.255 e. The number of carbonyl (C=O) groups excluding carboxylic acids is 1. The van der Waals surface area contributed by atoms with Crippen LogP contribution >= 0.6 is 27.3 Å². The number of nitrogens with one attached hydrogen (secondary N) is 1. The van der Waals surface area contributed by atoms with Gasteiger partial charge in [0.15, 0.2) is 0 Å². The van der Waals surface area contributed by atoms with Gasteiger partial charge in [0, 0.05) is 16.8 Å². The maximum absolute atomic E-state index is 12.6. The van der Waals surface area contributed by atoms with E-state index < -0.39 is 0 Å². The fourth-order valence-electron chi connectivity index (χ4n) is 2.84. The van der Waals surface area contributed by atoms with Crippen molar-refractivity contribution in [3.8, 4) is 16.3 Å². The number of anilines is 1. The number of ether oxygens (including phenoxy) is 1. The molecule has 0 fully saturated rings. The van der Waals surface area contributed by atoms with E-state index >= 15 is 0 Å². The SMILES string of the molecule is CCOc1ccc(C(=O)Nc2cccc(-c3nc4ccccc4s3)c2)cc1Br. The first-order valence-electron chi connectivity index (χ1n) is 8.84. The third kappa shape index (κ3) is 3.93. The Hall–Kier alpha value is -2.70. The second kappa shape index (κ2) is 8.12. The third-order valence-electron chi connectivity index (χ3n) is 4.16. The van der Waals surface area contributed by atoms with E-state index in [0.29, 0.717) is 12.2 Å². The van der Waals surface area contributed by atoms with Crippen LogP contribution < -0.4 is 10.1 Å². The molecule has 140 valence electrons. The van der Waals surface area contributed by atoms with Crippen molar-refractivity contribution in [2.45, 2.75) is 6.92 Å². The number of fused-ring (bicyclic) bond motifs is 1. The number of carbonyl (C=O) groups is 1. The smallest absolute Gasteiger partial charge is 0.255 e. The molecule has 4 aromatic rings. The van der Waals surface area contributed by atoms with E-state index in [1.54, 1.807) is 29.5 Å².